The second kappa shape index (κ2) is 6.65. The van der Waals surface area contributed by atoms with Gasteiger partial charge in [-0.1, -0.05) is 29.8 Å². The zero-order chi connectivity index (χ0) is 17.4. The standard InChI is InChI=1S/C19H18ClN3OS/c1-12-13(20)6-4-8-14(12)22-19(24)23-11-5-9-16(23)18-21-15-7-2-3-10-17(15)25-18/h2-4,6-8,10,16H,5,9,11H2,1H3,(H,22,24). The van der Waals surface area contributed by atoms with Crippen molar-refractivity contribution in [3.05, 3.63) is 58.1 Å². The van der Waals surface area contributed by atoms with Crippen molar-refractivity contribution in [2.75, 3.05) is 11.9 Å². The Labute approximate surface area is 155 Å². The number of fused-ring (bicyclic) bond motifs is 1. The van der Waals surface area contributed by atoms with E-state index in [1.54, 1.807) is 11.3 Å². The molecule has 0 saturated carbocycles. The fraction of sp³-hybridized carbons (Fsp3) is 0.263. The summed E-state index contributed by atoms with van der Waals surface area (Å²) in [5, 5.41) is 4.67. The third kappa shape index (κ3) is 3.10. The Morgan fingerprint density at radius 1 is 1.28 bits per heavy atom. The Morgan fingerprint density at radius 2 is 2.12 bits per heavy atom. The van der Waals surface area contributed by atoms with Gasteiger partial charge in [0.05, 0.1) is 16.3 Å². The van der Waals surface area contributed by atoms with Gasteiger partial charge in [-0.2, -0.15) is 0 Å². The number of para-hydroxylation sites is 1. The van der Waals surface area contributed by atoms with Gasteiger partial charge in [0.2, 0.25) is 0 Å². The highest BCUT2D eigenvalue weighted by Crippen LogP contribution is 2.37. The van der Waals surface area contributed by atoms with Crippen LogP contribution in [-0.4, -0.2) is 22.5 Å². The Balaban J connectivity index is 1.58. The molecule has 1 aliphatic rings. The molecule has 0 spiro atoms. The molecule has 0 aliphatic carbocycles. The maximum absolute atomic E-state index is 12.8. The van der Waals surface area contributed by atoms with Gasteiger partial charge in [0.15, 0.2) is 0 Å². The van der Waals surface area contributed by atoms with Crippen molar-refractivity contribution in [2.45, 2.75) is 25.8 Å². The Kier molecular flexibility index (Phi) is 4.36. The molecule has 0 radical (unpaired) electrons. The van der Waals surface area contributed by atoms with Crippen LogP contribution in [0.15, 0.2) is 42.5 Å². The van der Waals surface area contributed by atoms with Crippen LogP contribution in [0.5, 0.6) is 0 Å². The lowest BCUT2D eigenvalue weighted by atomic mass is 10.2. The number of carbonyl (C=O) groups excluding carboxylic acids is 1. The third-order valence-corrected chi connectivity index (χ3v) is 6.17. The lowest BCUT2D eigenvalue weighted by molar-refractivity contribution is 0.207. The number of urea groups is 1. The van der Waals surface area contributed by atoms with E-state index in [0.717, 1.165) is 45.9 Å². The zero-order valence-corrected chi connectivity index (χ0v) is 15.4. The van der Waals surface area contributed by atoms with Gasteiger partial charge in [-0.25, -0.2) is 9.78 Å². The van der Waals surface area contributed by atoms with E-state index in [-0.39, 0.29) is 12.1 Å². The largest absolute Gasteiger partial charge is 0.322 e. The summed E-state index contributed by atoms with van der Waals surface area (Å²) in [5.41, 5.74) is 2.64. The normalized spacial score (nSPS) is 17.2. The van der Waals surface area contributed by atoms with Gasteiger partial charge in [-0.15, -0.1) is 11.3 Å². The van der Waals surface area contributed by atoms with Crippen molar-refractivity contribution in [3.63, 3.8) is 0 Å². The molecule has 6 heteroatoms. The van der Waals surface area contributed by atoms with E-state index >= 15 is 0 Å². The molecule has 2 aromatic carbocycles. The molecule has 0 bridgehead atoms. The SMILES string of the molecule is Cc1c(Cl)cccc1NC(=O)N1CCCC1c1nc2ccccc2s1. The van der Waals surface area contributed by atoms with E-state index < -0.39 is 0 Å². The Bertz CT molecular complexity index is 906. The van der Waals surface area contributed by atoms with E-state index in [2.05, 4.69) is 11.4 Å². The molecule has 2 heterocycles. The number of carbonyl (C=O) groups is 1. The molecule has 2 amide bonds. The second-order valence-corrected chi connectivity index (χ2v) is 7.68. The lowest BCUT2D eigenvalue weighted by Gasteiger charge is -2.24. The highest BCUT2D eigenvalue weighted by molar-refractivity contribution is 7.18. The van der Waals surface area contributed by atoms with Crippen molar-refractivity contribution in [1.82, 2.24) is 9.88 Å². The number of anilines is 1. The molecule has 4 nitrogen and oxygen atoms in total. The molecule has 1 atom stereocenters. The Hall–Kier alpha value is -2.11. The zero-order valence-electron chi connectivity index (χ0n) is 13.8. The summed E-state index contributed by atoms with van der Waals surface area (Å²) >= 11 is 7.83. The molecule has 128 valence electrons. The number of halogens is 1. The predicted octanol–water partition coefficient (Wildman–Crippen LogP) is 5.63. The molecular formula is C19H18ClN3OS. The van der Waals surface area contributed by atoms with Crippen LogP contribution in [-0.2, 0) is 0 Å². The first-order chi connectivity index (χ1) is 12.1. The number of hydrogen-bond donors (Lipinski definition) is 1. The molecule has 3 aromatic rings. The molecule has 1 unspecified atom stereocenters. The number of likely N-dealkylation sites (tertiary alicyclic amines) is 1. The lowest BCUT2D eigenvalue weighted by Crippen LogP contribution is -2.34. The average Bonchev–Trinajstić information content (AvgIpc) is 3.25. The quantitative estimate of drug-likeness (QED) is 0.634. The summed E-state index contributed by atoms with van der Waals surface area (Å²) in [6, 6.07) is 13.6. The van der Waals surface area contributed by atoms with E-state index in [9.17, 15) is 4.79 Å². The summed E-state index contributed by atoms with van der Waals surface area (Å²) in [5.74, 6) is 0. The number of rotatable bonds is 2. The summed E-state index contributed by atoms with van der Waals surface area (Å²) in [6.07, 6.45) is 1.93. The third-order valence-electron chi connectivity index (χ3n) is 4.62. The van der Waals surface area contributed by atoms with Crippen LogP contribution in [0, 0.1) is 6.92 Å². The number of nitrogens with one attached hydrogen (secondary N) is 1. The van der Waals surface area contributed by atoms with E-state index in [1.165, 1.54) is 0 Å². The van der Waals surface area contributed by atoms with Crippen LogP contribution in [0.1, 0.15) is 29.5 Å². The highest BCUT2D eigenvalue weighted by Gasteiger charge is 2.32. The van der Waals surface area contributed by atoms with Gasteiger partial charge in [0.25, 0.3) is 0 Å². The first kappa shape index (κ1) is 16.4. The maximum Gasteiger partial charge on any atom is 0.322 e. The molecule has 25 heavy (non-hydrogen) atoms. The fourth-order valence-electron chi connectivity index (χ4n) is 3.23. The van der Waals surface area contributed by atoms with Gasteiger partial charge in [0, 0.05) is 17.3 Å². The summed E-state index contributed by atoms with van der Waals surface area (Å²) in [4.78, 5) is 19.5. The van der Waals surface area contributed by atoms with Crippen LogP contribution in [0.25, 0.3) is 10.2 Å². The van der Waals surface area contributed by atoms with E-state index in [0.29, 0.717) is 5.02 Å². The smallest absolute Gasteiger partial charge is 0.315 e. The molecular weight excluding hydrogens is 354 g/mol. The predicted molar refractivity (Wildman–Crippen MR) is 104 cm³/mol. The summed E-state index contributed by atoms with van der Waals surface area (Å²) in [7, 11) is 0. The molecule has 1 saturated heterocycles. The van der Waals surface area contributed by atoms with Crippen LogP contribution in [0.3, 0.4) is 0 Å². The number of benzene rings is 2. The summed E-state index contributed by atoms with van der Waals surface area (Å²) in [6.45, 7) is 2.65. The Morgan fingerprint density at radius 3 is 2.96 bits per heavy atom. The highest BCUT2D eigenvalue weighted by atomic mass is 35.5. The van der Waals surface area contributed by atoms with Crippen LogP contribution >= 0.6 is 22.9 Å². The minimum absolute atomic E-state index is 0.0388. The maximum atomic E-state index is 12.8. The molecule has 1 N–H and O–H groups in total. The first-order valence-electron chi connectivity index (χ1n) is 8.31. The number of amides is 2. The van der Waals surface area contributed by atoms with E-state index in [4.69, 9.17) is 16.6 Å². The molecule has 1 fully saturated rings. The van der Waals surface area contributed by atoms with Crippen molar-refractivity contribution < 1.29 is 4.79 Å². The minimum atomic E-state index is -0.0906. The van der Waals surface area contributed by atoms with Crippen molar-refractivity contribution in [2.24, 2.45) is 0 Å². The molecule has 1 aromatic heterocycles. The first-order valence-corrected chi connectivity index (χ1v) is 9.51. The van der Waals surface area contributed by atoms with Gasteiger partial charge in [0.1, 0.15) is 5.01 Å². The van der Waals surface area contributed by atoms with Crippen molar-refractivity contribution in [3.8, 4) is 0 Å². The van der Waals surface area contributed by atoms with Gasteiger partial charge < -0.3 is 10.2 Å². The number of hydrogen-bond acceptors (Lipinski definition) is 3. The summed E-state index contributed by atoms with van der Waals surface area (Å²) < 4.78 is 1.16. The molecule has 4 rings (SSSR count). The minimum Gasteiger partial charge on any atom is -0.315 e. The van der Waals surface area contributed by atoms with Gasteiger partial charge >= 0.3 is 6.03 Å². The van der Waals surface area contributed by atoms with Crippen molar-refractivity contribution in [1.29, 1.82) is 0 Å². The molecule has 1 aliphatic heterocycles. The average molecular weight is 372 g/mol. The fourth-order valence-corrected chi connectivity index (χ4v) is 4.52. The number of thiazole rings is 1. The number of aromatic nitrogens is 1. The van der Waals surface area contributed by atoms with Crippen LogP contribution < -0.4 is 5.32 Å². The van der Waals surface area contributed by atoms with Crippen LogP contribution in [0.4, 0.5) is 10.5 Å². The van der Waals surface area contributed by atoms with Gasteiger partial charge in [-0.05, 0) is 49.6 Å². The van der Waals surface area contributed by atoms with E-state index in [1.807, 2.05) is 48.2 Å². The van der Waals surface area contributed by atoms with Crippen molar-refractivity contribution >= 4 is 44.9 Å². The second-order valence-electron chi connectivity index (χ2n) is 6.21. The van der Waals surface area contributed by atoms with Crippen LogP contribution in [0.2, 0.25) is 5.02 Å². The monoisotopic (exact) mass is 371 g/mol. The number of nitrogens with zero attached hydrogens (tertiary/aromatic N) is 2. The topological polar surface area (TPSA) is 45.2 Å². The van der Waals surface area contributed by atoms with Gasteiger partial charge in [-0.3, -0.25) is 0 Å².